The zero-order valence-corrected chi connectivity index (χ0v) is 9.31. The number of nitrogens with zero attached hydrogens (tertiary/aromatic N) is 4. The van der Waals surface area contributed by atoms with Gasteiger partial charge in [0.1, 0.15) is 11.6 Å². The largest absolute Gasteiger partial charge is 0.308 e. The van der Waals surface area contributed by atoms with Gasteiger partial charge in [0.15, 0.2) is 5.82 Å². The molecule has 0 amide bonds. The topological polar surface area (TPSA) is 81.6 Å². The molecule has 2 heterocycles. The molecule has 0 atom stereocenters. The summed E-state index contributed by atoms with van der Waals surface area (Å²) in [6.45, 7) is 3.91. The van der Waals surface area contributed by atoms with Crippen molar-refractivity contribution in [2.45, 2.75) is 20.3 Å². The van der Waals surface area contributed by atoms with E-state index in [1.165, 1.54) is 0 Å². The van der Waals surface area contributed by atoms with E-state index in [-0.39, 0.29) is 0 Å². The monoisotopic (exact) mass is 218 g/mol. The Morgan fingerprint density at radius 2 is 2.25 bits per heavy atom. The third-order valence-corrected chi connectivity index (χ3v) is 2.34. The number of rotatable bonds is 3. The van der Waals surface area contributed by atoms with Gasteiger partial charge in [0.2, 0.25) is 0 Å². The number of anilines is 1. The fraction of sp³-hybridized carbons (Fsp3) is 0.300. The van der Waals surface area contributed by atoms with Crippen LogP contribution in [0.15, 0.2) is 18.5 Å². The number of nitrogens with two attached hydrogens (primary N) is 1. The van der Waals surface area contributed by atoms with Crippen LogP contribution >= 0.6 is 0 Å². The summed E-state index contributed by atoms with van der Waals surface area (Å²) in [7, 11) is 0. The highest BCUT2D eigenvalue weighted by Crippen LogP contribution is 2.17. The number of nitrogen functional groups attached to an aromatic ring is 1. The van der Waals surface area contributed by atoms with Crippen molar-refractivity contribution in [3.63, 3.8) is 0 Å². The van der Waals surface area contributed by atoms with Crippen LogP contribution in [0.2, 0.25) is 0 Å². The Morgan fingerprint density at radius 1 is 1.44 bits per heavy atom. The van der Waals surface area contributed by atoms with Crippen LogP contribution in [0.4, 0.5) is 5.82 Å². The minimum atomic E-state index is 0.636. The standard InChI is InChI=1S/C10H14N6/c1-3-8-13-9(15-11)7(2)10(14-8)16-6-4-5-12-16/h4-6H,3,11H2,1-2H3,(H,13,14,15). The summed E-state index contributed by atoms with van der Waals surface area (Å²) in [5.74, 6) is 7.56. The molecule has 0 bridgehead atoms. The Balaban J connectivity index is 2.59. The van der Waals surface area contributed by atoms with Gasteiger partial charge in [0.25, 0.3) is 0 Å². The van der Waals surface area contributed by atoms with Gasteiger partial charge in [-0.3, -0.25) is 0 Å². The Bertz CT molecular complexity index is 476. The molecule has 3 N–H and O–H groups in total. The predicted octanol–water partition coefficient (Wildman–Crippen LogP) is 0.819. The average molecular weight is 218 g/mol. The lowest BCUT2D eigenvalue weighted by Crippen LogP contribution is -2.15. The Kier molecular flexibility index (Phi) is 2.82. The van der Waals surface area contributed by atoms with E-state index in [2.05, 4.69) is 20.5 Å². The molecule has 6 heteroatoms. The second kappa shape index (κ2) is 4.28. The van der Waals surface area contributed by atoms with Gasteiger partial charge in [-0.15, -0.1) is 0 Å². The summed E-state index contributed by atoms with van der Waals surface area (Å²) in [5.41, 5.74) is 3.46. The van der Waals surface area contributed by atoms with E-state index in [1.54, 1.807) is 10.9 Å². The third-order valence-electron chi connectivity index (χ3n) is 2.34. The molecule has 0 fully saturated rings. The smallest absolute Gasteiger partial charge is 0.162 e. The van der Waals surface area contributed by atoms with Gasteiger partial charge in [0.05, 0.1) is 0 Å². The second-order valence-corrected chi connectivity index (χ2v) is 3.39. The van der Waals surface area contributed by atoms with E-state index >= 15 is 0 Å². The van der Waals surface area contributed by atoms with Crippen LogP contribution < -0.4 is 11.3 Å². The predicted molar refractivity (Wildman–Crippen MR) is 61.1 cm³/mol. The van der Waals surface area contributed by atoms with Crippen molar-refractivity contribution in [1.82, 2.24) is 19.7 Å². The molecule has 0 spiro atoms. The van der Waals surface area contributed by atoms with E-state index < -0.39 is 0 Å². The highest BCUT2D eigenvalue weighted by molar-refractivity contribution is 5.50. The summed E-state index contributed by atoms with van der Waals surface area (Å²) in [4.78, 5) is 8.73. The minimum absolute atomic E-state index is 0.636. The first kappa shape index (κ1) is 10.6. The molecular weight excluding hydrogens is 204 g/mol. The molecule has 0 saturated carbocycles. The molecule has 16 heavy (non-hydrogen) atoms. The summed E-state index contributed by atoms with van der Waals surface area (Å²) >= 11 is 0. The number of hydrogen-bond acceptors (Lipinski definition) is 5. The van der Waals surface area contributed by atoms with Crippen LogP contribution in [-0.2, 0) is 6.42 Å². The lowest BCUT2D eigenvalue weighted by atomic mass is 10.3. The lowest BCUT2D eigenvalue weighted by Gasteiger charge is -2.10. The fourth-order valence-electron chi connectivity index (χ4n) is 1.47. The van der Waals surface area contributed by atoms with E-state index in [9.17, 15) is 0 Å². The maximum Gasteiger partial charge on any atom is 0.162 e. The molecule has 0 aliphatic carbocycles. The molecule has 0 aromatic carbocycles. The van der Waals surface area contributed by atoms with Crippen molar-refractivity contribution in [2.75, 3.05) is 5.43 Å². The third kappa shape index (κ3) is 1.74. The second-order valence-electron chi connectivity index (χ2n) is 3.39. The van der Waals surface area contributed by atoms with Crippen LogP contribution in [0, 0.1) is 6.92 Å². The Hall–Kier alpha value is -1.95. The highest BCUT2D eigenvalue weighted by atomic mass is 15.3. The van der Waals surface area contributed by atoms with E-state index in [0.29, 0.717) is 5.82 Å². The van der Waals surface area contributed by atoms with Crippen molar-refractivity contribution in [2.24, 2.45) is 5.84 Å². The zero-order valence-electron chi connectivity index (χ0n) is 9.31. The van der Waals surface area contributed by atoms with E-state index in [4.69, 9.17) is 5.84 Å². The van der Waals surface area contributed by atoms with E-state index in [0.717, 1.165) is 23.6 Å². The first-order valence-corrected chi connectivity index (χ1v) is 5.10. The summed E-state index contributed by atoms with van der Waals surface area (Å²) in [6.07, 6.45) is 4.31. The molecule has 0 saturated heterocycles. The SMILES string of the molecule is CCc1nc(NN)c(C)c(-n2cccn2)n1. The van der Waals surface area contributed by atoms with Gasteiger partial charge >= 0.3 is 0 Å². The molecule has 84 valence electrons. The lowest BCUT2D eigenvalue weighted by molar-refractivity contribution is 0.803. The molecule has 2 rings (SSSR count). The summed E-state index contributed by atoms with van der Waals surface area (Å²) < 4.78 is 1.71. The molecule has 0 aliphatic rings. The van der Waals surface area contributed by atoms with Crippen molar-refractivity contribution in [3.05, 3.63) is 29.8 Å². The summed E-state index contributed by atoms with van der Waals surface area (Å²) in [6, 6.07) is 1.85. The average Bonchev–Trinajstić information content (AvgIpc) is 2.83. The molecule has 0 unspecified atom stereocenters. The quantitative estimate of drug-likeness (QED) is 0.588. The van der Waals surface area contributed by atoms with Gasteiger partial charge in [-0.2, -0.15) is 5.10 Å². The molecule has 0 aliphatic heterocycles. The van der Waals surface area contributed by atoms with Gasteiger partial charge in [-0.25, -0.2) is 20.5 Å². The number of nitrogens with one attached hydrogen (secondary N) is 1. The molecule has 2 aromatic rings. The normalized spacial score (nSPS) is 10.4. The highest BCUT2D eigenvalue weighted by Gasteiger charge is 2.10. The molecule has 2 aromatic heterocycles. The number of hydrogen-bond donors (Lipinski definition) is 2. The van der Waals surface area contributed by atoms with Crippen molar-refractivity contribution in [1.29, 1.82) is 0 Å². The number of hydrazine groups is 1. The van der Waals surface area contributed by atoms with Crippen molar-refractivity contribution < 1.29 is 0 Å². The first-order valence-electron chi connectivity index (χ1n) is 5.10. The summed E-state index contributed by atoms with van der Waals surface area (Å²) in [5, 5.41) is 4.16. The maximum atomic E-state index is 5.43. The Labute approximate surface area is 93.5 Å². The van der Waals surface area contributed by atoms with Crippen LogP contribution in [0.5, 0.6) is 0 Å². The van der Waals surface area contributed by atoms with Gasteiger partial charge in [0, 0.05) is 24.4 Å². The van der Waals surface area contributed by atoms with Crippen LogP contribution in [0.3, 0.4) is 0 Å². The van der Waals surface area contributed by atoms with Gasteiger partial charge in [-0.1, -0.05) is 6.92 Å². The van der Waals surface area contributed by atoms with Crippen molar-refractivity contribution >= 4 is 5.82 Å². The minimum Gasteiger partial charge on any atom is -0.308 e. The molecular formula is C10H14N6. The molecule has 6 nitrogen and oxygen atoms in total. The molecule has 0 radical (unpaired) electrons. The Morgan fingerprint density at radius 3 is 2.81 bits per heavy atom. The zero-order chi connectivity index (χ0) is 11.5. The van der Waals surface area contributed by atoms with E-state index in [1.807, 2.05) is 26.1 Å². The number of aromatic nitrogens is 4. The van der Waals surface area contributed by atoms with Gasteiger partial charge < -0.3 is 5.43 Å². The fourth-order valence-corrected chi connectivity index (χ4v) is 1.47. The van der Waals surface area contributed by atoms with Crippen LogP contribution in [0.1, 0.15) is 18.3 Å². The van der Waals surface area contributed by atoms with Crippen LogP contribution in [-0.4, -0.2) is 19.7 Å². The number of aryl methyl sites for hydroxylation is 1. The van der Waals surface area contributed by atoms with Gasteiger partial charge in [-0.05, 0) is 13.0 Å². The first-order chi connectivity index (χ1) is 7.76. The van der Waals surface area contributed by atoms with Crippen molar-refractivity contribution in [3.8, 4) is 5.82 Å². The van der Waals surface area contributed by atoms with Crippen LogP contribution in [0.25, 0.3) is 5.82 Å². The maximum absolute atomic E-state index is 5.43.